The minimum Gasteiger partial charge on any atom is -0.489 e. The van der Waals surface area contributed by atoms with E-state index in [-0.39, 0.29) is 5.78 Å². The molecule has 0 saturated carbocycles. The van der Waals surface area contributed by atoms with Gasteiger partial charge in [-0.2, -0.15) is 0 Å². The third-order valence-electron chi connectivity index (χ3n) is 3.25. The van der Waals surface area contributed by atoms with Crippen molar-refractivity contribution in [1.29, 1.82) is 0 Å². The van der Waals surface area contributed by atoms with Gasteiger partial charge in [-0.25, -0.2) is 0 Å². The van der Waals surface area contributed by atoms with Crippen molar-refractivity contribution in [2.75, 3.05) is 13.2 Å². The van der Waals surface area contributed by atoms with E-state index in [9.17, 15) is 4.79 Å². The summed E-state index contributed by atoms with van der Waals surface area (Å²) < 4.78 is 16.5. The van der Waals surface area contributed by atoms with Gasteiger partial charge >= 0.3 is 0 Å². The van der Waals surface area contributed by atoms with E-state index in [0.29, 0.717) is 41.8 Å². The Morgan fingerprint density at radius 3 is 2.55 bits per heavy atom. The lowest BCUT2D eigenvalue weighted by Gasteiger charge is -2.08. The third-order valence-corrected chi connectivity index (χ3v) is 3.25. The second-order valence-corrected chi connectivity index (χ2v) is 5.16. The summed E-state index contributed by atoms with van der Waals surface area (Å²) in [7, 11) is 0. The number of hydrogen-bond acceptors (Lipinski definition) is 4. The summed E-state index contributed by atoms with van der Waals surface area (Å²) in [6.45, 7) is 5.09. The topological polar surface area (TPSA) is 48.7 Å². The molecule has 2 heterocycles. The van der Waals surface area contributed by atoms with E-state index in [2.05, 4.69) is 6.92 Å². The number of aryl methyl sites for hydroxylation is 1. The molecule has 0 bridgehead atoms. The van der Waals surface area contributed by atoms with E-state index < -0.39 is 0 Å². The maximum absolute atomic E-state index is 12.3. The molecule has 0 aliphatic carbocycles. The molecular formula is C16H16O4. The van der Waals surface area contributed by atoms with Crippen LogP contribution in [-0.4, -0.2) is 19.0 Å². The van der Waals surface area contributed by atoms with Crippen molar-refractivity contribution in [3.8, 4) is 11.5 Å². The van der Waals surface area contributed by atoms with Crippen molar-refractivity contribution < 1.29 is 18.7 Å². The third kappa shape index (κ3) is 2.41. The normalized spacial score (nSPS) is 17.6. The van der Waals surface area contributed by atoms with Crippen molar-refractivity contribution >= 4 is 5.78 Å². The Kier molecular flexibility index (Phi) is 3.22. The fourth-order valence-electron chi connectivity index (χ4n) is 2.12. The summed E-state index contributed by atoms with van der Waals surface area (Å²) in [6, 6.07) is 7.00. The second-order valence-electron chi connectivity index (χ2n) is 5.16. The molecule has 0 fully saturated rings. The van der Waals surface area contributed by atoms with Crippen LogP contribution >= 0.6 is 0 Å². The van der Waals surface area contributed by atoms with Crippen molar-refractivity contribution in [3.05, 3.63) is 47.4 Å². The molecule has 104 valence electrons. The molecular weight excluding hydrogens is 256 g/mol. The van der Waals surface area contributed by atoms with Gasteiger partial charge in [0.1, 0.15) is 12.0 Å². The number of ether oxygens (including phenoxy) is 2. The predicted molar refractivity (Wildman–Crippen MR) is 73.5 cm³/mol. The summed E-state index contributed by atoms with van der Waals surface area (Å²) in [6.07, 6.45) is 1.47. The average molecular weight is 272 g/mol. The van der Waals surface area contributed by atoms with Crippen molar-refractivity contribution in [3.63, 3.8) is 0 Å². The monoisotopic (exact) mass is 272 g/mol. The largest absolute Gasteiger partial charge is 0.489 e. The fraction of sp³-hybridized carbons (Fsp3) is 0.312. The molecule has 4 nitrogen and oxygen atoms in total. The number of rotatable bonds is 2. The van der Waals surface area contributed by atoms with Crippen LogP contribution < -0.4 is 9.47 Å². The van der Waals surface area contributed by atoms with Gasteiger partial charge in [0.15, 0.2) is 17.3 Å². The van der Waals surface area contributed by atoms with Gasteiger partial charge in [0.05, 0.1) is 18.8 Å². The molecule has 0 spiro atoms. The minimum absolute atomic E-state index is 0.0782. The lowest BCUT2D eigenvalue weighted by molar-refractivity contribution is 0.103. The second kappa shape index (κ2) is 5.04. The van der Waals surface area contributed by atoms with Crippen LogP contribution in [0, 0.1) is 12.8 Å². The van der Waals surface area contributed by atoms with Gasteiger partial charge in [0, 0.05) is 11.5 Å². The highest BCUT2D eigenvalue weighted by molar-refractivity contribution is 6.09. The van der Waals surface area contributed by atoms with Gasteiger partial charge < -0.3 is 13.9 Å². The Hall–Kier alpha value is -2.23. The Bertz CT molecular complexity index is 642. The molecule has 1 aliphatic heterocycles. The van der Waals surface area contributed by atoms with Crippen LogP contribution in [-0.2, 0) is 0 Å². The number of hydrogen-bond donors (Lipinski definition) is 0. The Balaban J connectivity index is 1.90. The van der Waals surface area contributed by atoms with Crippen LogP contribution in [0.15, 0.2) is 34.9 Å². The number of carbonyl (C=O) groups excluding carboxylic acids is 1. The number of ketones is 1. The number of furan rings is 1. The molecule has 1 unspecified atom stereocenters. The SMILES string of the molecule is Cc1cc(C(=O)c2ccc3c(c2)OCC(C)CO3)co1. The van der Waals surface area contributed by atoms with Gasteiger partial charge in [0.25, 0.3) is 0 Å². The first-order valence-corrected chi connectivity index (χ1v) is 6.63. The number of benzene rings is 1. The highest BCUT2D eigenvalue weighted by atomic mass is 16.5. The summed E-state index contributed by atoms with van der Waals surface area (Å²) in [5.41, 5.74) is 1.12. The number of fused-ring (bicyclic) bond motifs is 1. The van der Waals surface area contributed by atoms with E-state index >= 15 is 0 Å². The van der Waals surface area contributed by atoms with Crippen molar-refractivity contribution in [2.24, 2.45) is 5.92 Å². The Morgan fingerprint density at radius 1 is 1.10 bits per heavy atom. The van der Waals surface area contributed by atoms with E-state index in [1.165, 1.54) is 6.26 Å². The Morgan fingerprint density at radius 2 is 1.85 bits per heavy atom. The molecule has 1 aromatic heterocycles. The average Bonchev–Trinajstić information content (AvgIpc) is 2.80. The molecule has 20 heavy (non-hydrogen) atoms. The van der Waals surface area contributed by atoms with Crippen molar-refractivity contribution in [1.82, 2.24) is 0 Å². The minimum atomic E-state index is -0.0782. The molecule has 4 heteroatoms. The predicted octanol–water partition coefficient (Wildman–Crippen LogP) is 3.23. The van der Waals surface area contributed by atoms with Crippen LogP contribution in [0.2, 0.25) is 0 Å². The highest BCUT2D eigenvalue weighted by Crippen LogP contribution is 2.32. The highest BCUT2D eigenvalue weighted by Gasteiger charge is 2.18. The zero-order chi connectivity index (χ0) is 14.1. The van der Waals surface area contributed by atoms with Gasteiger partial charge in [0.2, 0.25) is 0 Å². The van der Waals surface area contributed by atoms with Gasteiger partial charge in [-0.1, -0.05) is 6.92 Å². The van der Waals surface area contributed by atoms with Crippen LogP contribution in [0.25, 0.3) is 0 Å². The zero-order valence-corrected chi connectivity index (χ0v) is 11.5. The summed E-state index contributed by atoms with van der Waals surface area (Å²) in [4.78, 5) is 12.3. The van der Waals surface area contributed by atoms with E-state index in [1.54, 1.807) is 24.3 Å². The lowest BCUT2D eigenvalue weighted by Crippen LogP contribution is -2.12. The molecule has 0 radical (unpaired) electrons. The van der Waals surface area contributed by atoms with Crippen LogP contribution in [0.3, 0.4) is 0 Å². The molecule has 1 aliphatic rings. The maximum Gasteiger partial charge on any atom is 0.196 e. The summed E-state index contributed by atoms with van der Waals surface area (Å²) >= 11 is 0. The lowest BCUT2D eigenvalue weighted by atomic mass is 10.1. The molecule has 2 aromatic rings. The van der Waals surface area contributed by atoms with Crippen LogP contribution in [0.4, 0.5) is 0 Å². The quantitative estimate of drug-likeness (QED) is 0.787. The smallest absolute Gasteiger partial charge is 0.196 e. The summed E-state index contributed by atoms with van der Waals surface area (Å²) in [5, 5.41) is 0. The first-order valence-electron chi connectivity index (χ1n) is 6.63. The fourth-order valence-corrected chi connectivity index (χ4v) is 2.12. The maximum atomic E-state index is 12.3. The first-order chi connectivity index (χ1) is 9.63. The molecule has 0 amide bonds. The molecule has 1 atom stereocenters. The van der Waals surface area contributed by atoms with E-state index in [0.717, 1.165) is 5.76 Å². The Labute approximate surface area is 117 Å². The van der Waals surface area contributed by atoms with Crippen molar-refractivity contribution in [2.45, 2.75) is 13.8 Å². The standard InChI is InChI=1S/C16H16O4/c1-10-7-19-14-4-3-12(6-15(14)20-8-10)16(17)13-5-11(2)18-9-13/h3-6,9-10H,7-8H2,1-2H3. The van der Waals surface area contributed by atoms with E-state index in [1.807, 2.05) is 6.92 Å². The number of carbonyl (C=O) groups is 1. The first kappa shape index (κ1) is 12.8. The van der Waals surface area contributed by atoms with Crippen LogP contribution in [0.1, 0.15) is 28.6 Å². The molecule has 3 rings (SSSR count). The molecule has 1 aromatic carbocycles. The van der Waals surface area contributed by atoms with Gasteiger partial charge in [-0.15, -0.1) is 0 Å². The van der Waals surface area contributed by atoms with Gasteiger partial charge in [-0.3, -0.25) is 4.79 Å². The summed E-state index contributed by atoms with van der Waals surface area (Å²) in [5.74, 6) is 2.29. The zero-order valence-electron chi connectivity index (χ0n) is 11.5. The van der Waals surface area contributed by atoms with E-state index in [4.69, 9.17) is 13.9 Å². The van der Waals surface area contributed by atoms with Crippen LogP contribution in [0.5, 0.6) is 11.5 Å². The van der Waals surface area contributed by atoms with Gasteiger partial charge in [-0.05, 0) is 31.2 Å². The molecule has 0 saturated heterocycles. The molecule has 0 N–H and O–H groups in total.